The van der Waals surface area contributed by atoms with E-state index < -0.39 is 6.23 Å². The van der Waals surface area contributed by atoms with Crippen molar-refractivity contribution < 1.29 is 19.3 Å². The van der Waals surface area contributed by atoms with Crippen molar-refractivity contribution in [3.8, 4) is 0 Å². The van der Waals surface area contributed by atoms with Crippen molar-refractivity contribution in [1.29, 1.82) is 0 Å². The molecule has 0 saturated carbocycles. The number of hydrogen-bond donors (Lipinski definition) is 0. The maximum absolute atomic E-state index is 11.3. The van der Waals surface area contributed by atoms with Gasteiger partial charge in [-0.25, -0.2) is 14.6 Å². The lowest BCUT2D eigenvalue weighted by atomic mass is 10.2. The lowest BCUT2D eigenvalue weighted by molar-refractivity contribution is -0.387. The zero-order valence-corrected chi connectivity index (χ0v) is 7.30. The molecule has 0 N–H and O–H groups in total. The third-order valence-electron chi connectivity index (χ3n) is 1.95. The highest BCUT2D eigenvalue weighted by Gasteiger charge is 2.36. The van der Waals surface area contributed by atoms with Crippen LogP contribution in [0.1, 0.15) is 6.92 Å². The number of nitrogens with zero attached hydrogens (tertiary/aromatic N) is 1. The summed E-state index contributed by atoms with van der Waals surface area (Å²) in [7, 11) is 0. The van der Waals surface area contributed by atoms with Crippen LogP contribution in [0.15, 0.2) is 12.2 Å². The molecule has 0 unspecified atom stereocenters. The van der Waals surface area contributed by atoms with Gasteiger partial charge in [-0.15, -0.1) is 0 Å². The molecular weight excluding hydrogens is 174 g/mol. The van der Waals surface area contributed by atoms with Crippen LogP contribution in [0, 0.1) is 0 Å². The Hall–Kier alpha value is -1.07. The molecular formula is C8H11NO4. The van der Waals surface area contributed by atoms with Crippen LogP contribution < -0.4 is 0 Å². The normalized spacial score (nSPS) is 30.7. The van der Waals surface area contributed by atoms with E-state index in [2.05, 4.69) is 0 Å². The first-order chi connectivity index (χ1) is 6.31. The number of hydrogen-bond acceptors (Lipinski definition) is 4. The van der Waals surface area contributed by atoms with Gasteiger partial charge in [-0.05, 0) is 13.0 Å². The van der Waals surface area contributed by atoms with Gasteiger partial charge in [0, 0.05) is 0 Å². The third kappa shape index (κ3) is 1.52. The molecule has 2 bridgehead atoms. The van der Waals surface area contributed by atoms with Gasteiger partial charge < -0.3 is 4.74 Å². The molecule has 1 amide bonds. The summed E-state index contributed by atoms with van der Waals surface area (Å²) in [4.78, 5) is 22.6. The molecule has 0 radical (unpaired) electrons. The predicted octanol–water partition coefficient (Wildman–Crippen LogP) is 0.671. The number of carbonyl (C=O) groups excluding carboxylic acids is 1. The van der Waals surface area contributed by atoms with Crippen LogP contribution in [0.3, 0.4) is 0 Å². The summed E-state index contributed by atoms with van der Waals surface area (Å²) < 4.78 is 4.85. The zero-order valence-electron chi connectivity index (χ0n) is 7.30. The Morgan fingerprint density at radius 1 is 1.62 bits per heavy atom. The van der Waals surface area contributed by atoms with E-state index in [1.54, 1.807) is 13.0 Å². The maximum Gasteiger partial charge on any atom is 0.412 e. The highest BCUT2D eigenvalue weighted by Crippen LogP contribution is 2.21. The van der Waals surface area contributed by atoms with Crippen LogP contribution in [-0.4, -0.2) is 36.5 Å². The SMILES string of the molecule is CCOC(=O)N1C[C@@H]2C=C[C@@H]1OO2. The average Bonchev–Trinajstić information content (AvgIpc) is 2.20. The summed E-state index contributed by atoms with van der Waals surface area (Å²) in [5, 5.41) is 0. The zero-order chi connectivity index (χ0) is 9.26. The van der Waals surface area contributed by atoms with Gasteiger partial charge in [-0.3, -0.25) is 4.90 Å². The molecule has 5 nitrogen and oxygen atoms in total. The smallest absolute Gasteiger partial charge is 0.412 e. The van der Waals surface area contributed by atoms with Crippen LogP contribution in [0.5, 0.6) is 0 Å². The largest absolute Gasteiger partial charge is 0.450 e. The summed E-state index contributed by atoms with van der Waals surface area (Å²) >= 11 is 0. The van der Waals surface area contributed by atoms with Gasteiger partial charge in [-0.1, -0.05) is 6.08 Å². The van der Waals surface area contributed by atoms with Gasteiger partial charge in [0.25, 0.3) is 0 Å². The van der Waals surface area contributed by atoms with E-state index >= 15 is 0 Å². The molecule has 0 aromatic rings. The minimum Gasteiger partial charge on any atom is -0.450 e. The molecule has 3 rings (SSSR count). The van der Waals surface area contributed by atoms with Crippen molar-refractivity contribution >= 4 is 6.09 Å². The molecule has 0 spiro atoms. The standard InChI is InChI=1S/C8H11NO4/c1-2-11-8(10)9-5-6-3-4-7(9)13-12-6/h3-4,6-7H,2,5H2,1H3/t6-,7-/m0/s1. The second-order valence-electron chi connectivity index (χ2n) is 2.86. The fraction of sp³-hybridized carbons (Fsp3) is 0.625. The second kappa shape index (κ2) is 3.35. The van der Waals surface area contributed by atoms with E-state index in [9.17, 15) is 4.79 Å². The molecule has 3 aliphatic heterocycles. The van der Waals surface area contributed by atoms with Crippen LogP contribution in [-0.2, 0) is 14.5 Å². The molecule has 5 heteroatoms. The molecule has 13 heavy (non-hydrogen) atoms. The van der Waals surface area contributed by atoms with Crippen molar-refractivity contribution in [2.75, 3.05) is 13.2 Å². The van der Waals surface area contributed by atoms with E-state index in [1.807, 2.05) is 6.08 Å². The predicted molar refractivity (Wildman–Crippen MR) is 42.6 cm³/mol. The van der Waals surface area contributed by atoms with Gasteiger partial charge in [-0.2, -0.15) is 0 Å². The summed E-state index contributed by atoms with van der Waals surface area (Å²) in [6.07, 6.45) is 2.72. The molecule has 72 valence electrons. The first-order valence-corrected chi connectivity index (χ1v) is 4.25. The fourth-order valence-electron chi connectivity index (χ4n) is 1.34. The summed E-state index contributed by atoms with van der Waals surface area (Å²) in [6, 6.07) is 0. The highest BCUT2D eigenvalue weighted by atomic mass is 17.2. The monoisotopic (exact) mass is 185 g/mol. The fourth-order valence-corrected chi connectivity index (χ4v) is 1.34. The Labute approximate surface area is 75.8 Å². The minimum absolute atomic E-state index is 0.158. The molecule has 0 aromatic heterocycles. The number of rotatable bonds is 1. The number of carbonyl (C=O) groups is 1. The first-order valence-electron chi connectivity index (χ1n) is 4.25. The lowest BCUT2D eigenvalue weighted by Crippen LogP contribution is -2.52. The van der Waals surface area contributed by atoms with Gasteiger partial charge in [0.2, 0.25) is 0 Å². The second-order valence-corrected chi connectivity index (χ2v) is 2.86. The topological polar surface area (TPSA) is 48.0 Å². The maximum atomic E-state index is 11.3. The summed E-state index contributed by atoms with van der Waals surface area (Å²) in [5.74, 6) is 0. The van der Waals surface area contributed by atoms with Crippen molar-refractivity contribution in [2.24, 2.45) is 0 Å². The van der Waals surface area contributed by atoms with Crippen LogP contribution >= 0.6 is 0 Å². The molecule has 2 atom stereocenters. The van der Waals surface area contributed by atoms with Crippen LogP contribution in [0.25, 0.3) is 0 Å². The average molecular weight is 185 g/mol. The molecule has 1 saturated heterocycles. The Kier molecular flexibility index (Phi) is 2.20. The van der Waals surface area contributed by atoms with Crippen molar-refractivity contribution in [2.45, 2.75) is 19.3 Å². The van der Waals surface area contributed by atoms with Gasteiger partial charge in [0.15, 0.2) is 6.23 Å². The van der Waals surface area contributed by atoms with Gasteiger partial charge >= 0.3 is 6.09 Å². The van der Waals surface area contributed by atoms with Crippen LogP contribution in [0.4, 0.5) is 4.79 Å². The van der Waals surface area contributed by atoms with Gasteiger partial charge in [0.05, 0.1) is 13.2 Å². The number of fused-ring (bicyclic) bond motifs is 2. The van der Waals surface area contributed by atoms with Gasteiger partial charge in [0.1, 0.15) is 6.10 Å². The molecule has 3 aliphatic rings. The Morgan fingerprint density at radius 2 is 2.46 bits per heavy atom. The van der Waals surface area contributed by atoms with E-state index in [4.69, 9.17) is 14.5 Å². The number of amides is 1. The minimum atomic E-state index is -0.427. The molecule has 0 aromatic carbocycles. The van der Waals surface area contributed by atoms with E-state index in [-0.39, 0.29) is 12.2 Å². The highest BCUT2D eigenvalue weighted by molar-refractivity contribution is 5.68. The van der Waals surface area contributed by atoms with Crippen molar-refractivity contribution in [3.05, 3.63) is 12.2 Å². The molecule has 0 aliphatic carbocycles. The third-order valence-corrected chi connectivity index (χ3v) is 1.95. The van der Waals surface area contributed by atoms with E-state index in [0.717, 1.165) is 0 Å². The Morgan fingerprint density at radius 3 is 2.92 bits per heavy atom. The molecule has 1 fully saturated rings. The summed E-state index contributed by atoms with van der Waals surface area (Å²) in [5.41, 5.74) is 0. The van der Waals surface area contributed by atoms with Crippen LogP contribution in [0.2, 0.25) is 0 Å². The molecule has 3 heterocycles. The lowest BCUT2D eigenvalue weighted by Gasteiger charge is -2.38. The Bertz CT molecular complexity index is 240. The Balaban J connectivity index is 2.02. The quantitative estimate of drug-likeness (QED) is 0.445. The summed E-state index contributed by atoms with van der Waals surface area (Å²) in [6.45, 7) is 2.64. The van der Waals surface area contributed by atoms with E-state index in [1.165, 1.54) is 4.90 Å². The first kappa shape index (κ1) is 8.52. The van der Waals surface area contributed by atoms with Crippen molar-refractivity contribution in [1.82, 2.24) is 4.90 Å². The van der Waals surface area contributed by atoms with Crippen molar-refractivity contribution in [3.63, 3.8) is 0 Å². The van der Waals surface area contributed by atoms with E-state index in [0.29, 0.717) is 13.2 Å². The number of ether oxygens (including phenoxy) is 1.